The van der Waals surface area contributed by atoms with E-state index < -0.39 is 0 Å². The second-order valence-electron chi connectivity index (χ2n) is 11.7. The van der Waals surface area contributed by atoms with Gasteiger partial charge in [-0.2, -0.15) is 0 Å². The van der Waals surface area contributed by atoms with Gasteiger partial charge in [0.15, 0.2) is 0 Å². The predicted octanol–water partition coefficient (Wildman–Crippen LogP) is 6.71. The fourth-order valence-corrected chi connectivity index (χ4v) is 9.15. The maximum absolute atomic E-state index is 10.5. The van der Waals surface area contributed by atoms with Crippen LogP contribution in [0.4, 0.5) is 0 Å². The average molecular weight is 412 g/mol. The minimum atomic E-state index is -0.0876. The molecule has 2 nitrogen and oxygen atoms in total. The third kappa shape index (κ3) is 2.35. The van der Waals surface area contributed by atoms with Crippen LogP contribution in [-0.2, 0) is 0 Å². The van der Waals surface area contributed by atoms with E-state index in [-0.39, 0.29) is 6.10 Å². The van der Waals surface area contributed by atoms with Crippen LogP contribution in [0.2, 0.25) is 0 Å². The molecule has 0 saturated heterocycles. The van der Waals surface area contributed by atoms with E-state index in [4.69, 9.17) is 0 Å². The fraction of sp³-hybridized carbons (Fsp3) is 0.552. The number of aromatic nitrogens is 1. The van der Waals surface area contributed by atoms with Crippen molar-refractivity contribution in [2.45, 2.75) is 76.7 Å². The van der Waals surface area contributed by atoms with Crippen LogP contribution >= 0.6 is 0 Å². The first-order valence-electron chi connectivity index (χ1n) is 12.5. The van der Waals surface area contributed by atoms with Gasteiger partial charge in [-0.15, -0.1) is 0 Å². The summed E-state index contributed by atoms with van der Waals surface area (Å²) in [5.74, 6) is 1.40. The van der Waals surface area contributed by atoms with Crippen molar-refractivity contribution in [2.24, 2.45) is 22.2 Å². The van der Waals surface area contributed by atoms with E-state index in [0.29, 0.717) is 22.2 Å². The van der Waals surface area contributed by atoms with Crippen molar-refractivity contribution in [2.75, 3.05) is 0 Å². The van der Waals surface area contributed by atoms with Crippen LogP contribution in [0.1, 0.15) is 76.2 Å². The van der Waals surface area contributed by atoms with E-state index in [1.807, 2.05) is 12.4 Å². The molecule has 1 aromatic heterocycles. The molecule has 31 heavy (non-hydrogen) atoms. The third-order valence-electron chi connectivity index (χ3n) is 10.5. The zero-order valence-electron chi connectivity index (χ0n) is 18.6. The number of rotatable bonds is 1. The third-order valence-corrected chi connectivity index (χ3v) is 10.5. The van der Waals surface area contributed by atoms with Gasteiger partial charge in [-0.3, -0.25) is 4.98 Å². The van der Waals surface area contributed by atoms with Crippen molar-refractivity contribution >= 4 is 10.8 Å². The van der Waals surface area contributed by atoms with Gasteiger partial charge in [0, 0.05) is 17.8 Å². The number of fused-ring (bicyclic) bond motifs is 2. The zero-order valence-corrected chi connectivity index (χ0v) is 18.6. The quantitative estimate of drug-likeness (QED) is 0.566. The Bertz CT molecular complexity index is 1150. The lowest BCUT2D eigenvalue weighted by Gasteiger charge is -2.54. The lowest BCUT2D eigenvalue weighted by molar-refractivity contribution is 0.0375. The van der Waals surface area contributed by atoms with Crippen molar-refractivity contribution in [3.8, 4) is 0 Å². The van der Waals surface area contributed by atoms with E-state index in [9.17, 15) is 5.11 Å². The lowest BCUT2D eigenvalue weighted by atomic mass is 9.50. The van der Waals surface area contributed by atoms with Gasteiger partial charge in [-0.25, -0.2) is 0 Å². The standard InChI is InChI=1S/C29H33NO/c1-27-10-8-23-15-22-4-5-24(31)16-28(22)11-12-29(23,18-28)26(27)7-6-25(27)20-3-2-19-9-13-30-17-21(19)14-20/h2-3,8-9,13-15,17,24-26,31H,4-7,10-12,16,18H2,1H3/t24-,25+,26+,27+,28-,29+/m0/s1. The molecule has 3 saturated carbocycles. The van der Waals surface area contributed by atoms with Crippen LogP contribution in [0.3, 0.4) is 0 Å². The number of pyridine rings is 1. The number of hydrogen-bond donors (Lipinski definition) is 1. The molecule has 5 aliphatic rings. The lowest BCUT2D eigenvalue weighted by Crippen LogP contribution is -2.46. The molecule has 0 amide bonds. The number of allylic oxidation sites excluding steroid dienone is 4. The second-order valence-corrected chi connectivity index (χ2v) is 11.7. The molecule has 2 bridgehead atoms. The zero-order chi connectivity index (χ0) is 20.8. The topological polar surface area (TPSA) is 33.1 Å². The molecule has 7 rings (SSSR count). The largest absolute Gasteiger partial charge is 0.393 e. The molecule has 3 fully saturated rings. The van der Waals surface area contributed by atoms with E-state index in [1.165, 1.54) is 54.9 Å². The number of hydrogen-bond acceptors (Lipinski definition) is 2. The molecular formula is C29H33NO. The van der Waals surface area contributed by atoms with Gasteiger partial charge in [0.2, 0.25) is 0 Å². The SMILES string of the molecule is C[C@]12CC=C3C=C4CC[C@H](O)C[C@]45CC[C@]3(C5)[C@@H]1CC[C@@H]2c1ccc2ccncc2c1. The molecule has 2 spiro atoms. The van der Waals surface area contributed by atoms with Gasteiger partial charge in [-0.1, -0.05) is 36.8 Å². The van der Waals surface area contributed by atoms with E-state index in [0.717, 1.165) is 25.2 Å². The van der Waals surface area contributed by atoms with Crippen LogP contribution in [0, 0.1) is 22.2 Å². The molecule has 0 unspecified atom stereocenters. The summed E-state index contributed by atoms with van der Waals surface area (Å²) in [5, 5.41) is 13.1. The van der Waals surface area contributed by atoms with Crippen molar-refractivity contribution in [3.05, 3.63) is 65.5 Å². The Balaban J connectivity index is 1.31. The van der Waals surface area contributed by atoms with E-state index >= 15 is 0 Å². The highest BCUT2D eigenvalue weighted by molar-refractivity contribution is 5.82. The van der Waals surface area contributed by atoms with Gasteiger partial charge < -0.3 is 5.11 Å². The van der Waals surface area contributed by atoms with Gasteiger partial charge in [0.1, 0.15) is 0 Å². The highest BCUT2D eigenvalue weighted by Gasteiger charge is 2.65. The summed E-state index contributed by atoms with van der Waals surface area (Å²) in [5.41, 5.74) is 5.88. The smallest absolute Gasteiger partial charge is 0.0551 e. The molecule has 2 aromatic rings. The summed E-state index contributed by atoms with van der Waals surface area (Å²) in [6.45, 7) is 2.60. The summed E-state index contributed by atoms with van der Waals surface area (Å²) >= 11 is 0. The first-order chi connectivity index (χ1) is 15.0. The molecule has 5 aliphatic carbocycles. The Morgan fingerprint density at radius 1 is 1.06 bits per heavy atom. The Kier molecular flexibility index (Phi) is 3.66. The number of aliphatic hydroxyl groups excluding tert-OH is 1. The van der Waals surface area contributed by atoms with Crippen molar-refractivity contribution in [1.82, 2.24) is 4.98 Å². The Labute approximate surface area is 185 Å². The van der Waals surface area contributed by atoms with Gasteiger partial charge in [-0.05, 0) is 115 Å². The molecule has 160 valence electrons. The van der Waals surface area contributed by atoms with Crippen LogP contribution in [-0.4, -0.2) is 16.2 Å². The molecule has 1 heterocycles. The molecule has 6 atom stereocenters. The first-order valence-corrected chi connectivity index (χ1v) is 12.5. The van der Waals surface area contributed by atoms with Gasteiger partial charge in [0.05, 0.1) is 6.10 Å². The molecule has 2 heteroatoms. The molecule has 0 aliphatic heterocycles. The summed E-state index contributed by atoms with van der Waals surface area (Å²) in [4.78, 5) is 4.37. The van der Waals surface area contributed by atoms with Crippen LogP contribution in [0.15, 0.2) is 60.0 Å². The minimum absolute atomic E-state index is 0.0876. The predicted molar refractivity (Wildman–Crippen MR) is 125 cm³/mol. The minimum Gasteiger partial charge on any atom is -0.393 e. The second kappa shape index (κ2) is 6.10. The average Bonchev–Trinajstić information content (AvgIpc) is 3.28. The van der Waals surface area contributed by atoms with Crippen LogP contribution in [0.25, 0.3) is 10.8 Å². The van der Waals surface area contributed by atoms with Gasteiger partial charge >= 0.3 is 0 Å². The van der Waals surface area contributed by atoms with Crippen LogP contribution < -0.4 is 0 Å². The normalized spacial score (nSPS) is 43.1. The Morgan fingerprint density at radius 2 is 2.00 bits per heavy atom. The molecule has 1 aromatic carbocycles. The summed E-state index contributed by atoms with van der Waals surface area (Å²) in [6, 6.07) is 9.23. The van der Waals surface area contributed by atoms with Crippen molar-refractivity contribution < 1.29 is 5.11 Å². The number of nitrogens with zero attached hydrogens (tertiary/aromatic N) is 1. The van der Waals surface area contributed by atoms with Crippen LogP contribution in [0.5, 0.6) is 0 Å². The first kappa shape index (κ1) is 18.6. The number of aliphatic hydroxyl groups is 1. The molecular weight excluding hydrogens is 378 g/mol. The Hall–Kier alpha value is -1.93. The monoisotopic (exact) mass is 411 g/mol. The van der Waals surface area contributed by atoms with Crippen molar-refractivity contribution in [1.29, 1.82) is 0 Å². The van der Waals surface area contributed by atoms with E-state index in [1.54, 1.807) is 11.1 Å². The Morgan fingerprint density at radius 3 is 2.94 bits per heavy atom. The molecule has 1 N–H and O–H groups in total. The summed E-state index contributed by atoms with van der Waals surface area (Å²) in [6.07, 6.45) is 20.0. The maximum atomic E-state index is 10.5. The van der Waals surface area contributed by atoms with E-state index in [2.05, 4.69) is 48.3 Å². The highest BCUT2D eigenvalue weighted by Crippen LogP contribution is 2.75. The maximum Gasteiger partial charge on any atom is 0.0551 e. The summed E-state index contributed by atoms with van der Waals surface area (Å²) in [7, 11) is 0. The van der Waals surface area contributed by atoms with Crippen molar-refractivity contribution in [3.63, 3.8) is 0 Å². The number of benzene rings is 1. The highest BCUT2D eigenvalue weighted by atomic mass is 16.3. The summed E-state index contributed by atoms with van der Waals surface area (Å²) < 4.78 is 0. The molecule has 0 radical (unpaired) electrons. The fourth-order valence-electron chi connectivity index (χ4n) is 9.15. The van der Waals surface area contributed by atoms with Gasteiger partial charge in [0.25, 0.3) is 0 Å².